The van der Waals surface area contributed by atoms with Crippen LogP contribution in [-0.4, -0.2) is 43.0 Å². The van der Waals surface area contributed by atoms with E-state index in [0.717, 1.165) is 28.4 Å². The van der Waals surface area contributed by atoms with Crippen LogP contribution in [0, 0.1) is 0 Å². The molecule has 1 saturated heterocycles. The average Bonchev–Trinajstić information content (AvgIpc) is 3.35. The van der Waals surface area contributed by atoms with E-state index in [1.54, 1.807) is 0 Å². The average molecular weight is 411 g/mol. The lowest BCUT2D eigenvalue weighted by Crippen LogP contribution is -2.31. The van der Waals surface area contributed by atoms with Gasteiger partial charge in [0, 0.05) is 25.0 Å². The molecule has 0 amide bonds. The monoisotopic (exact) mass is 411 g/mol. The summed E-state index contributed by atoms with van der Waals surface area (Å²) in [6, 6.07) is 13.4. The van der Waals surface area contributed by atoms with Crippen LogP contribution in [0.4, 0.5) is 0 Å². The fourth-order valence-electron chi connectivity index (χ4n) is 4.40. The zero-order valence-corrected chi connectivity index (χ0v) is 17.5. The molecule has 6 heteroatoms. The van der Waals surface area contributed by atoms with Crippen LogP contribution in [0.25, 0.3) is 0 Å². The van der Waals surface area contributed by atoms with Crippen LogP contribution in [0.15, 0.2) is 42.5 Å². The number of fused-ring (bicyclic) bond motifs is 1. The fraction of sp³-hybridized carbons (Fsp3) is 0.458. The Balaban J connectivity index is 1.48. The van der Waals surface area contributed by atoms with Crippen LogP contribution in [0.3, 0.4) is 0 Å². The maximum absolute atomic E-state index is 13.0. The third-order valence-electron chi connectivity index (χ3n) is 5.89. The molecule has 6 nitrogen and oxygen atoms in total. The Morgan fingerprint density at radius 1 is 1.23 bits per heavy atom. The van der Waals surface area contributed by atoms with Gasteiger partial charge in [0.15, 0.2) is 17.3 Å². The topological polar surface area (TPSA) is 77.0 Å². The summed E-state index contributed by atoms with van der Waals surface area (Å²) in [6.45, 7) is 4.89. The number of carbonyl (C=O) groups excluding carboxylic acids is 1. The van der Waals surface area contributed by atoms with Crippen molar-refractivity contribution in [1.82, 2.24) is 5.32 Å². The quantitative estimate of drug-likeness (QED) is 0.696. The Hall–Kier alpha value is -2.57. The molecule has 0 saturated carbocycles. The maximum atomic E-state index is 13.0. The maximum Gasteiger partial charge on any atom is 0.231 e. The van der Waals surface area contributed by atoms with E-state index in [1.807, 2.05) is 56.3 Å². The standard InChI is InChI=1S/C24H29NO5/c1-16(2)30-19-5-3-4-17(10-19)11-21(27)20-13-24(8-9-26,14-25-20)18-6-7-22-23(12-18)29-15-28-22/h3-7,10,12,16,20,25-26H,8-9,11,13-15H2,1-2H3. The van der Waals surface area contributed by atoms with Crippen molar-refractivity contribution >= 4 is 5.78 Å². The second kappa shape index (κ2) is 8.66. The minimum absolute atomic E-state index is 0.0611. The second-order valence-electron chi connectivity index (χ2n) is 8.42. The van der Waals surface area contributed by atoms with Crippen molar-refractivity contribution in [2.45, 2.75) is 50.7 Å². The molecule has 2 aromatic carbocycles. The normalized spacial score (nSPS) is 22.5. The van der Waals surface area contributed by atoms with Crippen LogP contribution in [0.2, 0.25) is 0 Å². The molecule has 2 aromatic rings. The molecule has 0 aromatic heterocycles. The number of aliphatic hydroxyl groups is 1. The number of ether oxygens (including phenoxy) is 3. The van der Waals surface area contributed by atoms with Crippen molar-refractivity contribution in [3.8, 4) is 17.2 Å². The summed E-state index contributed by atoms with van der Waals surface area (Å²) < 4.78 is 16.7. The van der Waals surface area contributed by atoms with E-state index in [0.29, 0.717) is 25.8 Å². The van der Waals surface area contributed by atoms with Crippen LogP contribution < -0.4 is 19.5 Å². The molecule has 2 N–H and O–H groups in total. The number of nitrogens with one attached hydrogen (secondary N) is 1. The van der Waals surface area contributed by atoms with Gasteiger partial charge in [0.05, 0.1) is 12.1 Å². The van der Waals surface area contributed by atoms with E-state index in [-0.39, 0.29) is 36.7 Å². The smallest absolute Gasteiger partial charge is 0.231 e. The predicted molar refractivity (Wildman–Crippen MR) is 113 cm³/mol. The molecule has 30 heavy (non-hydrogen) atoms. The molecule has 2 heterocycles. The van der Waals surface area contributed by atoms with E-state index < -0.39 is 0 Å². The molecule has 160 valence electrons. The number of Topliss-reactive ketones (excluding diaryl/α,β-unsaturated/α-hetero) is 1. The van der Waals surface area contributed by atoms with E-state index in [4.69, 9.17) is 14.2 Å². The summed E-state index contributed by atoms with van der Waals surface area (Å²) in [6.07, 6.45) is 1.67. The molecule has 4 rings (SSSR count). The van der Waals surface area contributed by atoms with Crippen molar-refractivity contribution < 1.29 is 24.1 Å². The largest absolute Gasteiger partial charge is 0.491 e. The van der Waals surface area contributed by atoms with E-state index in [9.17, 15) is 9.90 Å². The SMILES string of the molecule is CC(C)Oc1cccc(CC(=O)C2CC(CCO)(c3ccc4c(c3)OCO4)CN2)c1. The van der Waals surface area contributed by atoms with Gasteiger partial charge in [-0.1, -0.05) is 18.2 Å². The van der Waals surface area contributed by atoms with Gasteiger partial charge in [-0.25, -0.2) is 0 Å². The first-order chi connectivity index (χ1) is 14.5. The fourth-order valence-corrected chi connectivity index (χ4v) is 4.40. The summed E-state index contributed by atoms with van der Waals surface area (Å²) in [4.78, 5) is 13.0. The molecule has 0 spiro atoms. The highest BCUT2D eigenvalue weighted by Crippen LogP contribution is 2.42. The summed E-state index contributed by atoms with van der Waals surface area (Å²) >= 11 is 0. The minimum atomic E-state index is -0.307. The van der Waals surface area contributed by atoms with Gasteiger partial charge < -0.3 is 24.6 Å². The van der Waals surface area contributed by atoms with Gasteiger partial charge in [0.1, 0.15) is 5.75 Å². The van der Waals surface area contributed by atoms with Gasteiger partial charge >= 0.3 is 0 Å². The molecule has 0 radical (unpaired) electrons. The Kier molecular flexibility index (Phi) is 5.97. The molecule has 2 aliphatic heterocycles. The molecule has 0 aliphatic carbocycles. The van der Waals surface area contributed by atoms with Gasteiger partial charge in [-0.15, -0.1) is 0 Å². The van der Waals surface area contributed by atoms with Crippen molar-refractivity contribution in [2.75, 3.05) is 19.9 Å². The van der Waals surface area contributed by atoms with E-state index in [1.165, 1.54) is 0 Å². The van der Waals surface area contributed by atoms with Gasteiger partial charge in [-0.2, -0.15) is 0 Å². The Morgan fingerprint density at radius 2 is 2.07 bits per heavy atom. The third kappa shape index (κ3) is 4.30. The van der Waals surface area contributed by atoms with Crippen molar-refractivity contribution in [2.24, 2.45) is 0 Å². The summed E-state index contributed by atoms with van der Waals surface area (Å²) in [5.41, 5.74) is 1.71. The number of benzene rings is 2. The zero-order chi connectivity index (χ0) is 21.1. The molecule has 2 aliphatic rings. The Bertz CT molecular complexity index is 912. The first-order valence-electron chi connectivity index (χ1n) is 10.5. The number of hydrogen-bond acceptors (Lipinski definition) is 6. The van der Waals surface area contributed by atoms with Gasteiger partial charge in [-0.05, 0) is 62.1 Å². The zero-order valence-electron chi connectivity index (χ0n) is 17.5. The highest BCUT2D eigenvalue weighted by molar-refractivity contribution is 5.86. The minimum Gasteiger partial charge on any atom is -0.491 e. The molecular weight excluding hydrogens is 382 g/mol. The van der Waals surface area contributed by atoms with Crippen LogP contribution in [-0.2, 0) is 16.6 Å². The first-order valence-corrected chi connectivity index (χ1v) is 10.5. The number of hydrogen-bond donors (Lipinski definition) is 2. The molecular formula is C24H29NO5. The van der Waals surface area contributed by atoms with Crippen LogP contribution >= 0.6 is 0 Å². The molecule has 2 unspecified atom stereocenters. The first kappa shape index (κ1) is 20.7. The molecule has 1 fully saturated rings. The molecule has 0 bridgehead atoms. The Labute approximate surface area is 177 Å². The van der Waals surface area contributed by atoms with Crippen molar-refractivity contribution in [3.05, 3.63) is 53.6 Å². The number of rotatable bonds is 8. The van der Waals surface area contributed by atoms with Gasteiger partial charge in [0.2, 0.25) is 6.79 Å². The summed E-state index contributed by atoms with van der Waals surface area (Å²) in [5, 5.41) is 13.1. The highest BCUT2D eigenvalue weighted by atomic mass is 16.7. The molecule has 2 atom stereocenters. The second-order valence-corrected chi connectivity index (χ2v) is 8.42. The van der Waals surface area contributed by atoms with Crippen LogP contribution in [0.5, 0.6) is 17.2 Å². The Morgan fingerprint density at radius 3 is 2.87 bits per heavy atom. The number of ketones is 1. The lowest BCUT2D eigenvalue weighted by Gasteiger charge is -2.28. The van der Waals surface area contributed by atoms with Crippen molar-refractivity contribution in [1.29, 1.82) is 0 Å². The van der Waals surface area contributed by atoms with Crippen LogP contribution in [0.1, 0.15) is 37.8 Å². The lowest BCUT2D eigenvalue weighted by molar-refractivity contribution is -0.120. The van der Waals surface area contributed by atoms with Gasteiger partial charge in [-0.3, -0.25) is 4.79 Å². The summed E-state index contributed by atoms with van der Waals surface area (Å²) in [5.74, 6) is 2.39. The van der Waals surface area contributed by atoms with E-state index in [2.05, 4.69) is 5.32 Å². The highest BCUT2D eigenvalue weighted by Gasteiger charge is 2.42. The van der Waals surface area contributed by atoms with E-state index >= 15 is 0 Å². The van der Waals surface area contributed by atoms with Crippen molar-refractivity contribution in [3.63, 3.8) is 0 Å². The summed E-state index contributed by atoms with van der Waals surface area (Å²) in [7, 11) is 0. The van der Waals surface area contributed by atoms with Gasteiger partial charge in [0.25, 0.3) is 0 Å². The third-order valence-corrected chi connectivity index (χ3v) is 5.89. The number of carbonyl (C=O) groups is 1. The lowest BCUT2D eigenvalue weighted by atomic mass is 9.75. The predicted octanol–water partition coefficient (Wildman–Crippen LogP) is 3.00. The number of aliphatic hydroxyl groups excluding tert-OH is 1.